The largest absolute Gasteiger partial charge is 0.345 e. The fourth-order valence-electron chi connectivity index (χ4n) is 1.88. The van der Waals surface area contributed by atoms with Crippen LogP contribution in [0.2, 0.25) is 0 Å². The minimum absolute atomic E-state index is 0.140. The van der Waals surface area contributed by atoms with Crippen molar-refractivity contribution >= 4 is 15.9 Å². The van der Waals surface area contributed by atoms with Crippen molar-refractivity contribution < 1.29 is 17.6 Å². The van der Waals surface area contributed by atoms with Crippen molar-refractivity contribution in [2.45, 2.75) is 24.8 Å². The molecule has 0 saturated carbocycles. The van der Waals surface area contributed by atoms with Gasteiger partial charge in [-0.1, -0.05) is 0 Å². The Bertz CT molecular complexity index is 905. The number of aromatic nitrogens is 3. The van der Waals surface area contributed by atoms with E-state index in [1.807, 2.05) is 0 Å². The second-order valence-corrected chi connectivity index (χ2v) is 6.85. The Labute approximate surface area is 136 Å². The van der Waals surface area contributed by atoms with Gasteiger partial charge in [0.15, 0.2) is 5.82 Å². The van der Waals surface area contributed by atoms with Crippen LogP contribution < -0.4 is 15.7 Å². The molecule has 1 aromatic carbocycles. The molecule has 130 valence electrons. The van der Waals surface area contributed by atoms with Crippen LogP contribution in [0.3, 0.4) is 0 Å². The summed E-state index contributed by atoms with van der Waals surface area (Å²) < 4.78 is 39.5. The minimum Gasteiger partial charge on any atom is -0.345 e. The third kappa shape index (κ3) is 4.26. The molecule has 1 aromatic heterocycles. The summed E-state index contributed by atoms with van der Waals surface area (Å²) >= 11 is 0. The first kappa shape index (κ1) is 17.8. The highest BCUT2D eigenvalue weighted by molar-refractivity contribution is 7.89. The number of nitrogens with zero attached hydrogens (tertiary/aromatic N) is 1. The molecular weight excluding hydrogens is 341 g/mol. The average Bonchev–Trinajstić information content (AvgIpc) is 2.94. The zero-order chi connectivity index (χ0) is 17.9. The highest BCUT2D eigenvalue weighted by atomic mass is 32.2. The molecule has 0 radical (unpaired) electrons. The highest BCUT2D eigenvalue weighted by Gasteiger charge is 2.18. The fourth-order valence-corrected chi connectivity index (χ4v) is 2.94. The molecule has 2 rings (SSSR count). The van der Waals surface area contributed by atoms with E-state index in [-0.39, 0.29) is 16.3 Å². The zero-order valence-electron chi connectivity index (χ0n) is 12.9. The maximum Gasteiger partial charge on any atom is 0.340 e. The molecule has 0 aliphatic heterocycles. The van der Waals surface area contributed by atoms with Gasteiger partial charge < -0.3 is 5.32 Å². The summed E-state index contributed by atoms with van der Waals surface area (Å²) in [5.74, 6) is -0.923. The molecule has 0 spiro atoms. The smallest absolute Gasteiger partial charge is 0.340 e. The van der Waals surface area contributed by atoms with Gasteiger partial charge in [-0.2, -0.15) is 5.10 Å². The molecule has 0 aliphatic rings. The third-order valence-electron chi connectivity index (χ3n) is 3.17. The topological polar surface area (TPSA) is 137 Å². The van der Waals surface area contributed by atoms with Gasteiger partial charge in [0.25, 0.3) is 0 Å². The maximum absolute atomic E-state index is 13.2. The normalized spacial score (nSPS) is 12.8. The van der Waals surface area contributed by atoms with Crippen LogP contribution in [-0.4, -0.2) is 36.1 Å². The summed E-state index contributed by atoms with van der Waals surface area (Å²) in [5.41, 5.74) is -0.336. The molecule has 0 fully saturated rings. The Morgan fingerprint density at radius 2 is 2.12 bits per heavy atom. The van der Waals surface area contributed by atoms with E-state index < -0.39 is 40.0 Å². The molecule has 0 saturated heterocycles. The van der Waals surface area contributed by atoms with Crippen LogP contribution in [0.4, 0.5) is 4.39 Å². The van der Waals surface area contributed by atoms with E-state index in [0.29, 0.717) is 0 Å². The van der Waals surface area contributed by atoms with Crippen LogP contribution in [0.5, 0.6) is 0 Å². The lowest BCUT2D eigenvalue weighted by atomic mass is 10.2. The van der Waals surface area contributed by atoms with Gasteiger partial charge in [0, 0.05) is 0 Å². The van der Waals surface area contributed by atoms with Gasteiger partial charge in [0.1, 0.15) is 5.82 Å². The zero-order valence-corrected chi connectivity index (χ0v) is 13.7. The van der Waals surface area contributed by atoms with Crippen molar-refractivity contribution in [3.63, 3.8) is 0 Å². The molecule has 4 N–H and O–H groups in total. The van der Waals surface area contributed by atoms with Gasteiger partial charge in [-0.05, 0) is 37.6 Å². The number of sulfonamides is 1. The van der Waals surface area contributed by atoms with Crippen molar-refractivity contribution in [3.05, 3.63) is 45.9 Å². The van der Waals surface area contributed by atoms with E-state index in [1.54, 1.807) is 6.92 Å². The quantitative estimate of drug-likeness (QED) is 0.563. The number of halogens is 1. The van der Waals surface area contributed by atoms with E-state index in [1.165, 1.54) is 13.0 Å². The number of H-pyrrole nitrogens is 2. The molecule has 0 aliphatic carbocycles. The van der Waals surface area contributed by atoms with Crippen LogP contribution in [0.15, 0.2) is 27.9 Å². The van der Waals surface area contributed by atoms with E-state index >= 15 is 0 Å². The molecule has 1 heterocycles. The second-order valence-electron chi connectivity index (χ2n) is 5.09. The molecule has 1 atom stereocenters. The Morgan fingerprint density at radius 3 is 2.71 bits per heavy atom. The first-order valence-corrected chi connectivity index (χ1v) is 8.37. The third-order valence-corrected chi connectivity index (χ3v) is 4.57. The number of benzene rings is 1. The molecule has 0 bridgehead atoms. The maximum atomic E-state index is 13.2. The number of carbonyl (C=O) groups is 1. The number of hydrogen-bond donors (Lipinski definition) is 4. The van der Waals surface area contributed by atoms with E-state index in [2.05, 4.69) is 25.2 Å². The SMILES string of the molecule is Cc1cc(S(=O)(=O)NCC(=O)N[C@@H](C)c2n[nH]c(=O)[nH]2)ccc1F. The summed E-state index contributed by atoms with van der Waals surface area (Å²) in [6.07, 6.45) is 0. The van der Waals surface area contributed by atoms with Gasteiger partial charge in [-0.15, -0.1) is 0 Å². The van der Waals surface area contributed by atoms with Gasteiger partial charge in [0.05, 0.1) is 17.5 Å². The summed E-state index contributed by atoms with van der Waals surface area (Å²) in [7, 11) is -3.95. The molecule has 2 aromatic rings. The van der Waals surface area contributed by atoms with Gasteiger partial charge in [-0.25, -0.2) is 27.4 Å². The van der Waals surface area contributed by atoms with Crippen LogP contribution >= 0.6 is 0 Å². The molecule has 11 heteroatoms. The average molecular weight is 357 g/mol. The lowest BCUT2D eigenvalue weighted by Crippen LogP contribution is -2.38. The lowest BCUT2D eigenvalue weighted by molar-refractivity contribution is -0.120. The Morgan fingerprint density at radius 1 is 1.42 bits per heavy atom. The van der Waals surface area contributed by atoms with E-state index in [0.717, 1.165) is 12.1 Å². The first-order valence-electron chi connectivity index (χ1n) is 6.89. The summed E-state index contributed by atoms with van der Waals surface area (Å²) in [5, 5.41) is 8.29. The summed E-state index contributed by atoms with van der Waals surface area (Å²) in [4.78, 5) is 25.0. The van der Waals surface area contributed by atoms with Crippen LogP contribution in [0, 0.1) is 12.7 Å². The number of rotatable bonds is 6. The fraction of sp³-hybridized carbons (Fsp3) is 0.308. The monoisotopic (exact) mass is 357 g/mol. The minimum atomic E-state index is -3.95. The van der Waals surface area contributed by atoms with E-state index in [9.17, 15) is 22.4 Å². The number of carbonyl (C=O) groups excluding carboxylic acids is 1. The van der Waals surface area contributed by atoms with Crippen LogP contribution in [-0.2, 0) is 14.8 Å². The predicted molar refractivity (Wildman–Crippen MR) is 82.1 cm³/mol. The van der Waals surface area contributed by atoms with Gasteiger partial charge in [0.2, 0.25) is 15.9 Å². The summed E-state index contributed by atoms with van der Waals surface area (Å²) in [6.45, 7) is 2.49. The van der Waals surface area contributed by atoms with Crippen molar-refractivity contribution in [1.82, 2.24) is 25.2 Å². The molecule has 1 amide bonds. The van der Waals surface area contributed by atoms with Gasteiger partial charge >= 0.3 is 5.69 Å². The lowest BCUT2D eigenvalue weighted by Gasteiger charge is -2.12. The van der Waals surface area contributed by atoms with Crippen molar-refractivity contribution in [3.8, 4) is 0 Å². The van der Waals surface area contributed by atoms with Crippen LogP contribution in [0.25, 0.3) is 0 Å². The number of aromatic amines is 2. The van der Waals surface area contributed by atoms with Gasteiger partial charge in [-0.3, -0.25) is 9.78 Å². The first-order chi connectivity index (χ1) is 11.2. The highest BCUT2D eigenvalue weighted by Crippen LogP contribution is 2.13. The Balaban J connectivity index is 1.97. The molecular formula is C13H16FN5O4S. The molecule has 24 heavy (non-hydrogen) atoms. The second kappa shape index (κ2) is 6.93. The number of amides is 1. The van der Waals surface area contributed by atoms with Crippen molar-refractivity contribution in [2.75, 3.05) is 6.54 Å². The predicted octanol–water partition coefficient (Wildman–Crippen LogP) is -0.299. The van der Waals surface area contributed by atoms with E-state index in [4.69, 9.17) is 0 Å². The van der Waals surface area contributed by atoms with Crippen molar-refractivity contribution in [1.29, 1.82) is 0 Å². The Kier molecular flexibility index (Phi) is 5.14. The standard InChI is InChI=1S/C13H16FN5O4S/c1-7-5-9(3-4-10(7)14)24(22,23)15-6-11(20)16-8(2)12-17-13(21)19-18-12/h3-5,8,15H,6H2,1-2H3,(H,16,20)(H2,17,18,19,21)/t8-/m0/s1. The number of hydrogen-bond acceptors (Lipinski definition) is 5. The molecule has 0 unspecified atom stereocenters. The summed E-state index contributed by atoms with van der Waals surface area (Å²) in [6, 6.07) is 2.71. The molecule has 9 nitrogen and oxygen atoms in total. The van der Waals surface area contributed by atoms with Crippen LogP contribution in [0.1, 0.15) is 24.4 Å². The van der Waals surface area contributed by atoms with Crippen molar-refractivity contribution in [2.24, 2.45) is 0 Å². The number of aryl methyl sites for hydroxylation is 1. The Hall–Kier alpha value is -2.53. The number of nitrogens with one attached hydrogen (secondary N) is 4.